The highest BCUT2D eigenvalue weighted by Crippen LogP contribution is 2.20. The molecule has 6 heteroatoms. The summed E-state index contributed by atoms with van der Waals surface area (Å²) in [6, 6.07) is -0.538. The van der Waals surface area contributed by atoms with Crippen LogP contribution < -0.4 is 5.32 Å². The molecule has 2 atom stereocenters. The minimum Gasteiger partial charge on any atom is -0.466 e. The van der Waals surface area contributed by atoms with E-state index in [1.54, 1.807) is 0 Å². The van der Waals surface area contributed by atoms with E-state index in [-0.39, 0.29) is 18.5 Å². The number of aliphatic hydroxyl groups excluding tert-OH is 2. The van der Waals surface area contributed by atoms with Crippen LogP contribution in [0.3, 0.4) is 0 Å². The SMILES string of the molecule is CCCC/C=C\CCCCCCCC(=O)OCCCCCCCCCCCCCCCCCCCCCCCCCCCCCCCCCCC(=O)NC(CO)C(O)CCCCCCCCCCCCCCCCCCCCCC. The van der Waals surface area contributed by atoms with Gasteiger partial charge in [0.1, 0.15) is 0 Å². The predicted octanol–water partition coefficient (Wildman–Crippen LogP) is 23.9. The number of carbonyl (C=O) groups is 2. The van der Waals surface area contributed by atoms with E-state index in [0.29, 0.717) is 25.9 Å². The lowest BCUT2D eigenvalue weighted by molar-refractivity contribution is -0.143. The number of hydrogen-bond donors (Lipinski definition) is 3. The van der Waals surface area contributed by atoms with Gasteiger partial charge in [-0.05, 0) is 44.9 Å². The number of hydrogen-bond acceptors (Lipinski definition) is 5. The van der Waals surface area contributed by atoms with Crippen LogP contribution in [0.15, 0.2) is 12.2 Å². The van der Waals surface area contributed by atoms with Crippen molar-refractivity contribution in [1.82, 2.24) is 5.32 Å². The molecule has 6 nitrogen and oxygen atoms in total. The van der Waals surface area contributed by atoms with Gasteiger partial charge in [-0.15, -0.1) is 0 Å². The average Bonchev–Trinajstić information content (AvgIpc) is 3.46. The molecular weight excluding hydrogens is 983 g/mol. The summed E-state index contributed by atoms with van der Waals surface area (Å²) >= 11 is 0. The summed E-state index contributed by atoms with van der Waals surface area (Å²) in [5.74, 6) is -0.0144. The molecule has 0 aliphatic rings. The number of rotatable bonds is 70. The first-order chi connectivity index (χ1) is 39.5. The van der Waals surface area contributed by atoms with Gasteiger partial charge in [0.15, 0.2) is 0 Å². The number of unbranched alkanes of at least 4 members (excludes halogenated alkanes) is 57. The van der Waals surface area contributed by atoms with Crippen molar-refractivity contribution in [1.29, 1.82) is 0 Å². The van der Waals surface area contributed by atoms with Gasteiger partial charge in [0.2, 0.25) is 5.91 Å². The van der Waals surface area contributed by atoms with Crippen molar-refractivity contribution in [2.24, 2.45) is 0 Å². The molecule has 0 aromatic carbocycles. The second-order valence-corrected chi connectivity index (χ2v) is 25.6. The molecule has 0 fully saturated rings. The lowest BCUT2D eigenvalue weighted by atomic mass is 10.0. The smallest absolute Gasteiger partial charge is 0.305 e. The van der Waals surface area contributed by atoms with Gasteiger partial charge in [-0.1, -0.05) is 379 Å². The number of ether oxygens (including phenoxy) is 1. The van der Waals surface area contributed by atoms with Gasteiger partial charge in [0.05, 0.1) is 25.4 Å². The van der Waals surface area contributed by atoms with Gasteiger partial charge in [-0.2, -0.15) is 0 Å². The first-order valence-electron chi connectivity index (χ1n) is 36.9. The minimum atomic E-state index is -0.661. The number of esters is 1. The molecular formula is C74H145NO5. The van der Waals surface area contributed by atoms with Crippen LogP contribution in [0.2, 0.25) is 0 Å². The van der Waals surface area contributed by atoms with E-state index in [4.69, 9.17) is 4.74 Å². The maximum atomic E-state index is 12.5. The molecule has 0 radical (unpaired) electrons. The largest absolute Gasteiger partial charge is 0.466 e. The third kappa shape index (κ3) is 65.7. The minimum absolute atomic E-state index is 0.0110. The van der Waals surface area contributed by atoms with Gasteiger partial charge >= 0.3 is 5.97 Å². The Balaban J connectivity index is 3.32. The van der Waals surface area contributed by atoms with Crippen molar-refractivity contribution in [3.8, 4) is 0 Å². The average molecular weight is 1130 g/mol. The highest BCUT2D eigenvalue weighted by Gasteiger charge is 2.20. The summed E-state index contributed by atoms with van der Waals surface area (Å²) in [6.07, 6.45) is 87.1. The number of allylic oxidation sites excluding steroid dienone is 2. The highest BCUT2D eigenvalue weighted by molar-refractivity contribution is 5.76. The Kier molecular flexibility index (Phi) is 68.9. The Labute approximate surface area is 501 Å². The second kappa shape index (κ2) is 70.1. The van der Waals surface area contributed by atoms with E-state index < -0.39 is 12.1 Å². The number of nitrogens with one attached hydrogen (secondary N) is 1. The van der Waals surface area contributed by atoms with Crippen molar-refractivity contribution >= 4 is 11.9 Å². The fourth-order valence-corrected chi connectivity index (χ4v) is 11.9. The predicted molar refractivity (Wildman–Crippen MR) is 352 cm³/mol. The van der Waals surface area contributed by atoms with Crippen LogP contribution in [-0.4, -0.2) is 47.4 Å². The van der Waals surface area contributed by atoms with E-state index in [1.807, 2.05) is 0 Å². The van der Waals surface area contributed by atoms with Crippen molar-refractivity contribution < 1.29 is 24.5 Å². The van der Waals surface area contributed by atoms with Gasteiger partial charge in [0.25, 0.3) is 0 Å². The first-order valence-corrected chi connectivity index (χ1v) is 36.9. The maximum Gasteiger partial charge on any atom is 0.305 e. The zero-order valence-corrected chi connectivity index (χ0v) is 54.6. The van der Waals surface area contributed by atoms with Gasteiger partial charge in [0, 0.05) is 12.8 Å². The molecule has 3 N–H and O–H groups in total. The Hall–Kier alpha value is -1.40. The lowest BCUT2D eigenvalue weighted by Gasteiger charge is -2.22. The second-order valence-electron chi connectivity index (χ2n) is 25.6. The van der Waals surface area contributed by atoms with Crippen LogP contribution in [0.5, 0.6) is 0 Å². The molecule has 0 aromatic heterocycles. The number of aliphatic hydroxyl groups is 2. The Morgan fingerprint density at radius 1 is 0.338 bits per heavy atom. The van der Waals surface area contributed by atoms with Crippen LogP contribution in [0.1, 0.15) is 425 Å². The summed E-state index contributed by atoms with van der Waals surface area (Å²) in [7, 11) is 0. The first kappa shape index (κ1) is 78.6. The zero-order valence-electron chi connectivity index (χ0n) is 54.6. The molecule has 0 rings (SSSR count). The van der Waals surface area contributed by atoms with Crippen molar-refractivity contribution in [2.45, 2.75) is 437 Å². The lowest BCUT2D eigenvalue weighted by Crippen LogP contribution is -2.45. The highest BCUT2D eigenvalue weighted by atomic mass is 16.5. The molecule has 0 saturated heterocycles. The van der Waals surface area contributed by atoms with E-state index in [2.05, 4.69) is 31.3 Å². The van der Waals surface area contributed by atoms with Gasteiger partial charge in [-0.3, -0.25) is 9.59 Å². The molecule has 80 heavy (non-hydrogen) atoms. The van der Waals surface area contributed by atoms with Crippen molar-refractivity contribution in [3.05, 3.63) is 12.2 Å². The fourth-order valence-electron chi connectivity index (χ4n) is 11.9. The molecule has 1 amide bonds. The summed E-state index contributed by atoms with van der Waals surface area (Å²) < 4.78 is 5.47. The van der Waals surface area contributed by atoms with Crippen LogP contribution >= 0.6 is 0 Å². The third-order valence-electron chi connectivity index (χ3n) is 17.6. The fraction of sp³-hybridized carbons (Fsp3) is 0.946. The van der Waals surface area contributed by atoms with Crippen molar-refractivity contribution in [3.63, 3.8) is 0 Å². The normalized spacial score (nSPS) is 12.5. The molecule has 2 unspecified atom stereocenters. The Morgan fingerprint density at radius 3 is 0.925 bits per heavy atom. The summed E-state index contributed by atoms with van der Waals surface area (Å²) in [5, 5.41) is 23.4. The standard InChI is InChI=1S/C74H145NO5/c1-3-5-7-9-11-13-15-16-17-18-19-34-37-40-43-47-50-54-58-62-66-72(77)71(70-76)75-73(78)67-63-59-55-51-48-44-41-38-35-32-30-28-26-24-22-20-21-23-25-27-29-31-33-36-39-42-45-49-53-57-61-65-69-80-74(79)68-64-60-56-52-46-14-12-10-8-6-4-2/h10,12,71-72,76-77H,3-9,11,13-70H2,1-2H3,(H,75,78)/b12-10-. The molecule has 0 saturated carbocycles. The molecule has 0 aliphatic carbocycles. The van der Waals surface area contributed by atoms with E-state index in [9.17, 15) is 19.8 Å². The Morgan fingerprint density at radius 2 is 0.600 bits per heavy atom. The van der Waals surface area contributed by atoms with Crippen LogP contribution in [0.25, 0.3) is 0 Å². The molecule has 0 spiro atoms. The Bertz CT molecular complexity index is 1210. The van der Waals surface area contributed by atoms with Crippen LogP contribution in [-0.2, 0) is 14.3 Å². The summed E-state index contributed by atoms with van der Waals surface area (Å²) in [6.45, 7) is 4.96. The van der Waals surface area contributed by atoms with Gasteiger partial charge in [-0.25, -0.2) is 0 Å². The molecule has 476 valence electrons. The van der Waals surface area contributed by atoms with E-state index in [1.165, 1.54) is 347 Å². The molecule has 0 aliphatic heterocycles. The van der Waals surface area contributed by atoms with Crippen LogP contribution in [0.4, 0.5) is 0 Å². The van der Waals surface area contributed by atoms with E-state index >= 15 is 0 Å². The number of amides is 1. The maximum absolute atomic E-state index is 12.5. The van der Waals surface area contributed by atoms with Crippen LogP contribution in [0, 0.1) is 0 Å². The molecule has 0 aromatic rings. The van der Waals surface area contributed by atoms with Crippen molar-refractivity contribution in [2.75, 3.05) is 13.2 Å². The number of carbonyl (C=O) groups excluding carboxylic acids is 2. The molecule has 0 bridgehead atoms. The summed E-state index contributed by atoms with van der Waals surface area (Å²) in [4.78, 5) is 24.6. The van der Waals surface area contributed by atoms with E-state index in [0.717, 1.165) is 44.9 Å². The van der Waals surface area contributed by atoms with Gasteiger partial charge < -0.3 is 20.3 Å². The topological polar surface area (TPSA) is 95.9 Å². The monoisotopic (exact) mass is 1130 g/mol. The quantitative estimate of drug-likeness (QED) is 0.0320. The third-order valence-corrected chi connectivity index (χ3v) is 17.6. The zero-order chi connectivity index (χ0) is 57.8. The molecule has 0 heterocycles. The summed E-state index contributed by atoms with van der Waals surface area (Å²) in [5.41, 5.74) is 0.